The highest BCUT2D eigenvalue weighted by Gasteiger charge is 2.22. The van der Waals surface area contributed by atoms with Crippen LogP contribution >= 0.6 is 11.3 Å². The topological polar surface area (TPSA) is 103 Å². The third kappa shape index (κ3) is 5.51. The average molecular weight is 477 g/mol. The number of ether oxygens (including phenoxy) is 3. The molecule has 10 heteroatoms. The molecule has 0 unspecified atom stereocenters. The fourth-order valence-electron chi connectivity index (χ4n) is 2.91. The summed E-state index contributed by atoms with van der Waals surface area (Å²) in [5, 5.41) is 6.63. The fourth-order valence-corrected chi connectivity index (χ4v) is 4.65. The van der Waals surface area contributed by atoms with E-state index in [2.05, 4.69) is 10.0 Å². The van der Waals surface area contributed by atoms with Crippen molar-refractivity contribution in [3.63, 3.8) is 0 Å². The van der Waals surface area contributed by atoms with Crippen molar-refractivity contribution < 1.29 is 27.4 Å². The third-order valence-corrected chi connectivity index (χ3v) is 6.60. The van der Waals surface area contributed by atoms with Gasteiger partial charge in [-0.25, -0.2) is 8.42 Å². The van der Waals surface area contributed by atoms with Gasteiger partial charge in [0, 0.05) is 12.6 Å². The van der Waals surface area contributed by atoms with Crippen LogP contribution in [0.3, 0.4) is 0 Å². The molecule has 0 saturated carbocycles. The van der Waals surface area contributed by atoms with Crippen LogP contribution < -0.4 is 24.2 Å². The normalized spacial score (nSPS) is 11.0. The number of methoxy groups -OCH3 is 2. The quantitative estimate of drug-likeness (QED) is 0.460. The Morgan fingerprint density at radius 1 is 1.03 bits per heavy atom. The molecule has 0 aliphatic rings. The summed E-state index contributed by atoms with van der Waals surface area (Å²) in [5.41, 5.74) is 1.12. The molecule has 0 radical (unpaired) electrons. The number of amides is 1. The lowest BCUT2D eigenvalue weighted by molar-refractivity contribution is 0.0951. The smallest absolute Gasteiger partial charge is 0.261 e. The van der Waals surface area contributed by atoms with E-state index < -0.39 is 15.9 Å². The monoisotopic (exact) mass is 476 g/mol. The number of thiophene rings is 1. The van der Waals surface area contributed by atoms with Crippen LogP contribution in [0.5, 0.6) is 17.2 Å². The van der Waals surface area contributed by atoms with Crippen molar-refractivity contribution in [2.75, 3.05) is 25.5 Å². The highest BCUT2D eigenvalue weighted by atomic mass is 32.2. The number of benzene rings is 2. The van der Waals surface area contributed by atoms with Gasteiger partial charge in [0.05, 0.1) is 37.0 Å². The van der Waals surface area contributed by atoms with Gasteiger partial charge in [-0.15, -0.1) is 0 Å². The van der Waals surface area contributed by atoms with Crippen molar-refractivity contribution in [3.05, 3.63) is 64.4 Å². The molecular formula is C22H24N2O6S2. The number of sulfonamides is 1. The van der Waals surface area contributed by atoms with Crippen LogP contribution in [0.4, 0.5) is 5.69 Å². The van der Waals surface area contributed by atoms with Gasteiger partial charge in [-0.2, -0.15) is 11.3 Å². The zero-order valence-corrected chi connectivity index (χ0v) is 19.5. The summed E-state index contributed by atoms with van der Waals surface area (Å²) in [6, 6.07) is 10.8. The largest absolute Gasteiger partial charge is 0.494 e. The van der Waals surface area contributed by atoms with Crippen molar-refractivity contribution in [3.8, 4) is 17.2 Å². The maximum Gasteiger partial charge on any atom is 0.261 e. The van der Waals surface area contributed by atoms with Gasteiger partial charge in [-0.1, -0.05) is 0 Å². The first-order valence-corrected chi connectivity index (χ1v) is 12.1. The minimum absolute atomic E-state index is 0.0281. The summed E-state index contributed by atoms with van der Waals surface area (Å²) >= 11 is 1.52. The van der Waals surface area contributed by atoms with Crippen LogP contribution in [0, 0.1) is 0 Å². The number of carbonyl (C=O) groups is 1. The van der Waals surface area contributed by atoms with Gasteiger partial charge >= 0.3 is 0 Å². The number of hydrogen-bond acceptors (Lipinski definition) is 7. The Balaban J connectivity index is 1.93. The van der Waals surface area contributed by atoms with Crippen LogP contribution in [0.1, 0.15) is 22.8 Å². The number of nitrogens with one attached hydrogen (secondary N) is 2. The van der Waals surface area contributed by atoms with Gasteiger partial charge in [0.2, 0.25) is 0 Å². The van der Waals surface area contributed by atoms with Crippen LogP contribution in [-0.4, -0.2) is 35.2 Å². The second-order valence-electron chi connectivity index (χ2n) is 6.58. The Kier molecular flexibility index (Phi) is 7.60. The molecule has 0 bridgehead atoms. The van der Waals surface area contributed by atoms with Gasteiger partial charge in [0.15, 0.2) is 11.5 Å². The van der Waals surface area contributed by atoms with E-state index in [4.69, 9.17) is 14.2 Å². The lowest BCUT2D eigenvalue weighted by atomic mass is 10.1. The zero-order chi connectivity index (χ0) is 23.1. The molecule has 1 amide bonds. The summed E-state index contributed by atoms with van der Waals surface area (Å²) in [6.07, 6.45) is 0. The zero-order valence-electron chi connectivity index (χ0n) is 17.9. The maximum atomic E-state index is 13.0. The first-order valence-electron chi connectivity index (χ1n) is 9.69. The molecule has 0 fully saturated rings. The molecule has 8 nitrogen and oxygen atoms in total. The van der Waals surface area contributed by atoms with E-state index in [0.717, 1.165) is 5.56 Å². The molecule has 0 atom stereocenters. The molecular weight excluding hydrogens is 452 g/mol. The molecule has 2 aromatic carbocycles. The summed E-state index contributed by atoms with van der Waals surface area (Å²) < 4.78 is 44.4. The number of rotatable bonds is 10. The molecule has 2 N–H and O–H groups in total. The van der Waals surface area contributed by atoms with E-state index in [9.17, 15) is 13.2 Å². The van der Waals surface area contributed by atoms with Crippen LogP contribution in [0.25, 0.3) is 0 Å². The second-order valence-corrected chi connectivity index (χ2v) is 9.04. The predicted molar refractivity (Wildman–Crippen MR) is 123 cm³/mol. The van der Waals surface area contributed by atoms with Gasteiger partial charge in [0.1, 0.15) is 5.75 Å². The van der Waals surface area contributed by atoms with Crippen molar-refractivity contribution >= 4 is 33.0 Å². The fraction of sp³-hybridized carbons (Fsp3) is 0.227. The molecule has 170 valence electrons. The van der Waals surface area contributed by atoms with E-state index >= 15 is 0 Å². The van der Waals surface area contributed by atoms with Crippen molar-refractivity contribution in [2.24, 2.45) is 0 Å². The van der Waals surface area contributed by atoms with E-state index in [1.165, 1.54) is 49.8 Å². The van der Waals surface area contributed by atoms with E-state index in [-0.39, 0.29) is 21.9 Å². The van der Waals surface area contributed by atoms with Gasteiger partial charge in [-0.05, 0) is 59.6 Å². The number of hydrogen-bond donors (Lipinski definition) is 2. The average Bonchev–Trinajstić information content (AvgIpc) is 3.31. The third-order valence-electron chi connectivity index (χ3n) is 4.49. The Morgan fingerprint density at radius 3 is 2.31 bits per heavy atom. The van der Waals surface area contributed by atoms with Crippen LogP contribution in [-0.2, 0) is 16.6 Å². The first-order chi connectivity index (χ1) is 15.4. The van der Waals surface area contributed by atoms with Crippen LogP contribution in [0.2, 0.25) is 0 Å². The number of anilines is 1. The highest BCUT2D eigenvalue weighted by molar-refractivity contribution is 7.92. The highest BCUT2D eigenvalue weighted by Crippen LogP contribution is 2.34. The van der Waals surface area contributed by atoms with Gasteiger partial charge < -0.3 is 19.5 Å². The Labute approximate surface area is 191 Å². The second kappa shape index (κ2) is 10.4. The van der Waals surface area contributed by atoms with Crippen molar-refractivity contribution in [1.29, 1.82) is 0 Å². The minimum Gasteiger partial charge on any atom is -0.494 e. The minimum atomic E-state index is -3.98. The van der Waals surface area contributed by atoms with Crippen molar-refractivity contribution in [2.45, 2.75) is 18.4 Å². The molecule has 0 aliphatic heterocycles. The molecule has 3 rings (SSSR count). The molecule has 1 aromatic heterocycles. The molecule has 0 spiro atoms. The molecule has 3 aromatic rings. The van der Waals surface area contributed by atoms with Gasteiger partial charge in [-0.3, -0.25) is 9.52 Å². The van der Waals surface area contributed by atoms with Crippen LogP contribution in [0.15, 0.2) is 58.1 Å². The Morgan fingerprint density at radius 2 is 1.72 bits per heavy atom. The van der Waals surface area contributed by atoms with E-state index in [0.29, 0.717) is 24.7 Å². The Bertz CT molecular complexity index is 1160. The summed E-state index contributed by atoms with van der Waals surface area (Å²) in [4.78, 5) is 12.9. The first kappa shape index (κ1) is 23.4. The number of carbonyl (C=O) groups excluding carboxylic acids is 1. The molecule has 0 saturated heterocycles. The molecule has 0 aliphatic carbocycles. The maximum absolute atomic E-state index is 13.0. The Hall–Kier alpha value is -3.24. The lowest BCUT2D eigenvalue weighted by Crippen LogP contribution is -2.25. The predicted octanol–water partition coefficient (Wildman–Crippen LogP) is 3.89. The van der Waals surface area contributed by atoms with Crippen molar-refractivity contribution in [1.82, 2.24) is 5.32 Å². The van der Waals surface area contributed by atoms with Gasteiger partial charge in [0.25, 0.3) is 15.9 Å². The summed E-state index contributed by atoms with van der Waals surface area (Å²) in [5.74, 6) is 0.691. The van der Waals surface area contributed by atoms with E-state index in [1.807, 2.05) is 23.8 Å². The van der Waals surface area contributed by atoms with E-state index in [1.54, 1.807) is 12.1 Å². The molecule has 1 heterocycles. The standard InChI is InChI=1S/C22H24N2O6S2/c1-4-30-16-5-7-17(8-6-16)32(26,27)24-19-12-21(29-3)20(28-2)11-18(19)22(25)23-13-15-9-10-31-14-15/h5-12,14,24H,4,13H2,1-3H3,(H,23,25). The summed E-state index contributed by atoms with van der Waals surface area (Å²) in [6.45, 7) is 2.62. The lowest BCUT2D eigenvalue weighted by Gasteiger charge is -2.16. The SMILES string of the molecule is CCOc1ccc(S(=O)(=O)Nc2cc(OC)c(OC)cc2C(=O)NCc2ccsc2)cc1. The molecule has 32 heavy (non-hydrogen) atoms. The summed E-state index contributed by atoms with van der Waals surface area (Å²) in [7, 11) is -1.12.